The van der Waals surface area contributed by atoms with Crippen molar-refractivity contribution in [1.29, 1.82) is 0 Å². The van der Waals surface area contributed by atoms with Crippen molar-refractivity contribution >= 4 is 23.6 Å². The van der Waals surface area contributed by atoms with E-state index >= 15 is 0 Å². The maximum atomic E-state index is 12.3. The smallest absolute Gasteiger partial charge is 0.232 e. The minimum absolute atomic E-state index is 0.00439. The number of carbonyl (C=O) groups is 2. The van der Waals surface area contributed by atoms with E-state index in [1.54, 1.807) is 17.3 Å². The van der Waals surface area contributed by atoms with Crippen molar-refractivity contribution in [3.8, 4) is 0 Å². The number of amides is 2. The van der Waals surface area contributed by atoms with Crippen LogP contribution in [-0.4, -0.2) is 53.6 Å². The Kier molecular flexibility index (Phi) is 6.67. The van der Waals surface area contributed by atoms with Gasteiger partial charge in [-0.2, -0.15) is 0 Å². The van der Waals surface area contributed by atoms with Crippen molar-refractivity contribution in [2.75, 3.05) is 31.9 Å². The minimum Gasteiger partial charge on any atom is -0.355 e. The van der Waals surface area contributed by atoms with Crippen LogP contribution in [0.15, 0.2) is 29.4 Å². The highest BCUT2D eigenvalue weighted by molar-refractivity contribution is 8.00. The third-order valence-corrected chi connectivity index (χ3v) is 4.60. The van der Waals surface area contributed by atoms with Crippen LogP contribution in [0.3, 0.4) is 0 Å². The summed E-state index contributed by atoms with van der Waals surface area (Å²) in [5.41, 5.74) is 5.39. The lowest BCUT2D eigenvalue weighted by Crippen LogP contribution is -2.46. The van der Waals surface area contributed by atoms with Gasteiger partial charge < -0.3 is 16.0 Å². The maximum absolute atomic E-state index is 12.3. The molecule has 0 spiro atoms. The number of likely N-dealkylation sites (tertiary alicyclic amines) is 1. The first-order valence-electron chi connectivity index (χ1n) is 7.49. The summed E-state index contributed by atoms with van der Waals surface area (Å²) in [6.07, 6.45) is 5.13. The second-order valence-corrected chi connectivity index (χ2v) is 6.28. The van der Waals surface area contributed by atoms with Crippen LogP contribution < -0.4 is 11.1 Å². The Bertz CT molecular complexity index is 498. The Balaban J connectivity index is 1.81. The number of pyridine rings is 1. The molecular weight excluding hydrogens is 300 g/mol. The summed E-state index contributed by atoms with van der Waals surface area (Å²) in [7, 11) is 0. The summed E-state index contributed by atoms with van der Waals surface area (Å²) in [6.45, 7) is 2.16. The SMILES string of the molecule is NCCNC(=O)C1CCCN(C(=O)CSc2ccncc2)C1. The Morgan fingerprint density at radius 2 is 2.18 bits per heavy atom. The fourth-order valence-electron chi connectivity index (χ4n) is 2.43. The van der Waals surface area contributed by atoms with E-state index < -0.39 is 0 Å². The van der Waals surface area contributed by atoms with Crippen molar-refractivity contribution in [2.45, 2.75) is 17.7 Å². The van der Waals surface area contributed by atoms with E-state index in [1.807, 2.05) is 12.1 Å². The number of nitrogens with two attached hydrogens (primary N) is 1. The number of hydrogen-bond donors (Lipinski definition) is 2. The summed E-state index contributed by atoms with van der Waals surface area (Å²) in [5, 5.41) is 2.81. The van der Waals surface area contributed by atoms with Crippen LogP contribution in [0, 0.1) is 5.92 Å². The van der Waals surface area contributed by atoms with E-state index in [0.717, 1.165) is 24.3 Å². The largest absolute Gasteiger partial charge is 0.355 e. The normalized spacial score (nSPS) is 18.0. The average Bonchev–Trinajstić information content (AvgIpc) is 2.58. The van der Waals surface area contributed by atoms with Gasteiger partial charge in [-0.1, -0.05) is 0 Å². The Morgan fingerprint density at radius 1 is 1.41 bits per heavy atom. The van der Waals surface area contributed by atoms with Crippen LogP contribution >= 0.6 is 11.8 Å². The predicted octanol–water partition coefficient (Wildman–Crippen LogP) is 0.487. The van der Waals surface area contributed by atoms with Gasteiger partial charge in [-0.3, -0.25) is 14.6 Å². The zero-order chi connectivity index (χ0) is 15.8. The molecule has 7 heteroatoms. The van der Waals surface area contributed by atoms with Crippen LogP contribution in [0.5, 0.6) is 0 Å². The molecule has 2 rings (SSSR count). The first-order chi connectivity index (χ1) is 10.7. The number of hydrogen-bond acceptors (Lipinski definition) is 5. The molecule has 3 N–H and O–H groups in total. The monoisotopic (exact) mass is 322 g/mol. The molecule has 1 aliphatic heterocycles. The fraction of sp³-hybridized carbons (Fsp3) is 0.533. The van der Waals surface area contributed by atoms with Crippen LogP contribution in [0.2, 0.25) is 0 Å². The average molecular weight is 322 g/mol. The first-order valence-corrected chi connectivity index (χ1v) is 8.47. The number of thioether (sulfide) groups is 1. The van der Waals surface area contributed by atoms with E-state index in [-0.39, 0.29) is 17.7 Å². The molecule has 2 heterocycles. The molecule has 1 unspecified atom stereocenters. The van der Waals surface area contributed by atoms with Crippen molar-refractivity contribution in [1.82, 2.24) is 15.2 Å². The highest BCUT2D eigenvalue weighted by Gasteiger charge is 2.27. The van der Waals surface area contributed by atoms with Gasteiger partial charge in [-0.25, -0.2) is 0 Å². The molecule has 1 fully saturated rings. The molecule has 1 aromatic heterocycles. The molecule has 1 saturated heterocycles. The number of piperidine rings is 1. The second kappa shape index (κ2) is 8.75. The molecule has 1 aromatic rings. The zero-order valence-corrected chi connectivity index (χ0v) is 13.3. The van der Waals surface area contributed by atoms with Gasteiger partial charge in [0.15, 0.2) is 0 Å². The van der Waals surface area contributed by atoms with Gasteiger partial charge >= 0.3 is 0 Å². The number of nitrogens with one attached hydrogen (secondary N) is 1. The highest BCUT2D eigenvalue weighted by atomic mass is 32.2. The second-order valence-electron chi connectivity index (χ2n) is 5.23. The summed E-state index contributed by atoms with van der Waals surface area (Å²) in [6, 6.07) is 3.77. The molecular formula is C15H22N4O2S. The minimum atomic E-state index is -0.116. The number of aromatic nitrogens is 1. The van der Waals surface area contributed by atoms with Gasteiger partial charge in [-0.15, -0.1) is 11.8 Å². The van der Waals surface area contributed by atoms with E-state index in [9.17, 15) is 9.59 Å². The number of carbonyl (C=O) groups excluding carboxylic acids is 2. The molecule has 1 aliphatic rings. The molecule has 0 radical (unpaired) electrons. The first kappa shape index (κ1) is 16.8. The third-order valence-electron chi connectivity index (χ3n) is 3.60. The van der Waals surface area contributed by atoms with E-state index in [2.05, 4.69) is 10.3 Å². The quantitative estimate of drug-likeness (QED) is 0.744. The third kappa shape index (κ3) is 4.99. The van der Waals surface area contributed by atoms with Crippen molar-refractivity contribution in [2.24, 2.45) is 11.7 Å². The summed E-state index contributed by atoms with van der Waals surface area (Å²) in [5.74, 6) is 0.360. The highest BCUT2D eigenvalue weighted by Crippen LogP contribution is 2.20. The Morgan fingerprint density at radius 3 is 2.91 bits per heavy atom. The summed E-state index contributed by atoms with van der Waals surface area (Å²) >= 11 is 1.50. The van der Waals surface area contributed by atoms with Crippen LogP contribution in [0.4, 0.5) is 0 Å². The lowest BCUT2D eigenvalue weighted by atomic mass is 9.97. The standard InChI is InChI=1S/C15H22N4O2S/c16-5-8-18-15(21)12-2-1-9-19(10-12)14(20)11-22-13-3-6-17-7-4-13/h3-4,6-7,12H,1-2,5,8-11,16H2,(H,18,21). The molecule has 120 valence electrons. The molecule has 6 nitrogen and oxygen atoms in total. The van der Waals surface area contributed by atoms with E-state index in [1.165, 1.54) is 11.8 Å². The van der Waals surface area contributed by atoms with Crippen LogP contribution in [0.25, 0.3) is 0 Å². The number of rotatable bonds is 6. The van der Waals surface area contributed by atoms with E-state index in [4.69, 9.17) is 5.73 Å². The van der Waals surface area contributed by atoms with Crippen LogP contribution in [-0.2, 0) is 9.59 Å². The summed E-state index contributed by atoms with van der Waals surface area (Å²) < 4.78 is 0. The fourth-order valence-corrected chi connectivity index (χ4v) is 3.22. The Hall–Kier alpha value is -1.60. The van der Waals surface area contributed by atoms with Gasteiger partial charge in [0, 0.05) is 43.5 Å². The molecule has 1 atom stereocenters. The molecule has 22 heavy (non-hydrogen) atoms. The lowest BCUT2D eigenvalue weighted by Gasteiger charge is -2.32. The van der Waals surface area contributed by atoms with Gasteiger partial charge in [0.05, 0.1) is 11.7 Å². The van der Waals surface area contributed by atoms with Gasteiger partial charge in [0.1, 0.15) is 0 Å². The molecule has 0 aliphatic carbocycles. The Labute approximate surface area is 134 Å². The topological polar surface area (TPSA) is 88.3 Å². The predicted molar refractivity (Wildman–Crippen MR) is 86.3 cm³/mol. The molecule has 0 aromatic carbocycles. The molecule has 0 saturated carbocycles. The zero-order valence-electron chi connectivity index (χ0n) is 12.5. The van der Waals surface area contributed by atoms with Gasteiger partial charge in [-0.05, 0) is 25.0 Å². The molecule has 0 bridgehead atoms. The summed E-state index contributed by atoms with van der Waals surface area (Å²) in [4.78, 5) is 31.1. The van der Waals surface area contributed by atoms with Crippen molar-refractivity contribution in [3.63, 3.8) is 0 Å². The van der Waals surface area contributed by atoms with Gasteiger partial charge in [0.2, 0.25) is 11.8 Å². The van der Waals surface area contributed by atoms with Gasteiger partial charge in [0.25, 0.3) is 0 Å². The number of nitrogens with zero attached hydrogens (tertiary/aromatic N) is 2. The maximum Gasteiger partial charge on any atom is 0.232 e. The van der Waals surface area contributed by atoms with E-state index in [0.29, 0.717) is 25.4 Å². The molecule has 2 amide bonds. The van der Waals surface area contributed by atoms with Crippen LogP contribution in [0.1, 0.15) is 12.8 Å². The van der Waals surface area contributed by atoms with Crippen molar-refractivity contribution in [3.05, 3.63) is 24.5 Å². The van der Waals surface area contributed by atoms with Crippen molar-refractivity contribution < 1.29 is 9.59 Å². The lowest BCUT2D eigenvalue weighted by molar-refractivity contribution is -0.133.